The van der Waals surface area contributed by atoms with Crippen LogP contribution in [0.25, 0.3) is 10.8 Å². The van der Waals surface area contributed by atoms with Crippen LogP contribution in [0.1, 0.15) is 43.6 Å². The third-order valence-electron chi connectivity index (χ3n) is 3.54. The van der Waals surface area contributed by atoms with Crippen molar-refractivity contribution in [2.24, 2.45) is 0 Å². The lowest BCUT2D eigenvalue weighted by Crippen LogP contribution is -2.15. The van der Waals surface area contributed by atoms with Gasteiger partial charge in [-0.25, -0.2) is 0 Å². The quantitative estimate of drug-likeness (QED) is 0.734. The number of benzene rings is 1. The third kappa shape index (κ3) is 3.74. The number of halogens is 3. The maximum atomic E-state index is 12.8. The molecule has 0 N–H and O–H groups in total. The van der Waals surface area contributed by atoms with Crippen molar-refractivity contribution in [1.82, 2.24) is 4.98 Å². The number of pyridine rings is 1. The summed E-state index contributed by atoms with van der Waals surface area (Å²) in [6.07, 6.45) is -1.77. The minimum absolute atomic E-state index is 0.154. The maximum absolute atomic E-state index is 12.8. The van der Waals surface area contributed by atoms with E-state index in [1.54, 1.807) is 12.1 Å². The van der Waals surface area contributed by atoms with Gasteiger partial charge in [0.1, 0.15) is 0 Å². The standard InChI is InChI=1S/C17H20F3N/c1-3-7-13-12-9-5-6-10-14(12)16(11-17(18,19)20)21-15(13)8-4-2/h5-6,9-10H,3-4,7-8,11H2,1-2H3. The monoisotopic (exact) mass is 295 g/mol. The second-order valence-electron chi connectivity index (χ2n) is 5.32. The summed E-state index contributed by atoms with van der Waals surface area (Å²) >= 11 is 0. The molecule has 0 aliphatic carbocycles. The van der Waals surface area contributed by atoms with Gasteiger partial charge in [-0.3, -0.25) is 4.98 Å². The largest absolute Gasteiger partial charge is 0.394 e. The van der Waals surface area contributed by atoms with Gasteiger partial charge in [-0.05, 0) is 23.8 Å². The second kappa shape index (κ2) is 6.46. The number of rotatable bonds is 5. The van der Waals surface area contributed by atoms with Crippen molar-refractivity contribution < 1.29 is 13.2 Å². The molecule has 0 unspecified atom stereocenters. The van der Waals surface area contributed by atoms with Crippen molar-refractivity contribution >= 4 is 10.8 Å². The molecule has 0 radical (unpaired) electrons. The fourth-order valence-electron chi connectivity index (χ4n) is 2.74. The molecular formula is C17H20F3N. The predicted molar refractivity (Wildman–Crippen MR) is 79.5 cm³/mol. The summed E-state index contributed by atoms with van der Waals surface area (Å²) in [7, 11) is 0. The first kappa shape index (κ1) is 15.8. The summed E-state index contributed by atoms with van der Waals surface area (Å²) < 4.78 is 38.4. The van der Waals surface area contributed by atoms with Gasteiger partial charge >= 0.3 is 6.18 Å². The van der Waals surface area contributed by atoms with Crippen molar-refractivity contribution in [1.29, 1.82) is 0 Å². The Labute approximate surface area is 123 Å². The zero-order valence-electron chi connectivity index (χ0n) is 12.4. The number of alkyl halides is 3. The highest BCUT2D eigenvalue weighted by molar-refractivity contribution is 5.88. The molecule has 2 rings (SSSR count). The average Bonchev–Trinajstić information content (AvgIpc) is 2.41. The maximum Gasteiger partial charge on any atom is 0.394 e. The Morgan fingerprint density at radius 2 is 1.52 bits per heavy atom. The SMILES string of the molecule is CCCc1nc(CC(F)(F)F)c2ccccc2c1CCC. The van der Waals surface area contributed by atoms with Gasteiger partial charge in [0, 0.05) is 11.1 Å². The van der Waals surface area contributed by atoms with E-state index >= 15 is 0 Å². The average molecular weight is 295 g/mol. The lowest BCUT2D eigenvalue weighted by molar-refractivity contribution is -0.127. The van der Waals surface area contributed by atoms with E-state index in [2.05, 4.69) is 11.9 Å². The minimum Gasteiger partial charge on any atom is -0.257 e. The van der Waals surface area contributed by atoms with Crippen LogP contribution >= 0.6 is 0 Å². The fourth-order valence-corrected chi connectivity index (χ4v) is 2.74. The lowest BCUT2D eigenvalue weighted by atomic mass is 9.96. The Balaban J connectivity index is 2.66. The Bertz CT molecular complexity index is 617. The van der Waals surface area contributed by atoms with Crippen molar-refractivity contribution in [3.05, 3.63) is 41.2 Å². The van der Waals surface area contributed by atoms with Crippen LogP contribution in [0.5, 0.6) is 0 Å². The summed E-state index contributed by atoms with van der Waals surface area (Å²) in [6.45, 7) is 4.10. The van der Waals surface area contributed by atoms with Crippen molar-refractivity contribution in [3.8, 4) is 0 Å². The van der Waals surface area contributed by atoms with E-state index in [1.165, 1.54) is 0 Å². The topological polar surface area (TPSA) is 12.9 Å². The summed E-state index contributed by atoms with van der Waals surface area (Å²) in [5.41, 5.74) is 2.10. The molecule has 0 aliphatic heterocycles. The molecule has 21 heavy (non-hydrogen) atoms. The van der Waals surface area contributed by atoms with Crippen molar-refractivity contribution in [2.45, 2.75) is 52.1 Å². The zero-order valence-corrected chi connectivity index (χ0v) is 12.4. The van der Waals surface area contributed by atoms with E-state index in [0.29, 0.717) is 5.39 Å². The molecule has 0 aliphatic rings. The minimum atomic E-state index is -4.23. The molecule has 1 heterocycles. The van der Waals surface area contributed by atoms with Crippen LogP contribution in [0, 0.1) is 0 Å². The van der Waals surface area contributed by atoms with Crippen molar-refractivity contribution in [2.75, 3.05) is 0 Å². The summed E-state index contributed by atoms with van der Waals surface area (Å²) in [5, 5.41) is 1.56. The number of nitrogens with zero attached hydrogens (tertiary/aromatic N) is 1. The Hall–Kier alpha value is -1.58. The highest BCUT2D eigenvalue weighted by Crippen LogP contribution is 2.30. The van der Waals surface area contributed by atoms with Crippen LogP contribution < -0.4 is 0 Å². The molecule has 0 bridgehead atoms. The fraction of sp³-hybridized carbons (Fsp3) is 0.471. The summed E-state index contributed by atoms with van der Waals surface area (Å²) in [4.78, 5) is 4.37. The highest BCUT2D eigenvalue weighted by atomic mass is 19.4. The van der Waals surface area contributed by atoms with E-state index in [1.807, 2.05) is 19.1 Å². The number of hydrogen-bond acceptors (Lipinski definition) is 1. The molecule has 4 heteroatoms. The molecular weight excluding hydrogens is 275 g/mol. The van der Waals surface area contributed by atoms with Gasteiger partial charge in [0.25, 0.3) is 0 Å². The van der Waals surface area contributed by atoms with Gasteiger partial charge in [0.15, 0.2) is 0 Å². The van der Waals surface area contributed by atoms with Crippen LogP contribution in [0.15, 0.2) is 24.3 Å². The molecule has 0 saturated heterocycles. The van der Waals surface area contributed by atoms with Gasteiger partial charge in [0.05, 0.1) is 12.1 Å². The van der Waals surface area contributed by atoms with Gasteiger partial charge in [-0.2, -0.15) is 13.2 Å². The second-order valence-corrected chi connectivity index (χ2v) is 5.32. The smallest absolute Gasteiger partial charge is 0.257 e. The van der Waals surface area contributed by atoms with Crippen molar-refractivity contribution in [3.63, 3.8) is 0 Å². The predicted octanol–water partition coefficient (Wildman–Crippen LogP) is 5.24. The molecule has 0 atom stereocenters. The molecule has 1 aromatic carbocycles. The highest BCUT2D eigenvalue weighted by Gasteiger charge is 2.30. The Kier molecular flexibility index (Phi) is 4.86. The molecule has 2 aromatic rings. The van der Waals surface area contributed by atoms with Gasteiger partial charge in [-0.15, -0.1) is 0 Å². The first-order chi connectivity index (χ1) is 9.96. The van der Waals surface area contributed by atoms with Crippen LogP contribution in [0.4, 0.5) is 13.2 Å². The van der Waals surface area contributed by atoms with Gasteiger partial charge in [0.2, 0.25) is 0 Å². The summed E-state index contributed by atoms with van der Waals surface area (Å²) in [6, 6.07) is 7.33. The molecule has 0 spiro atoms. The molecule has 0 saturated carbocycles. The zero-order chi connectivity index (χ0) is 15.5. The van der Waals surface area contributed by atoms with E-state index in [9.17, 15) is 13.2 Å². The number of aromatic nitrogens is 1. The first-order valence-corrected chi connectivity index (χ1v) is 7.42. The Morgan fingerprint density at radius 1 is 0.905 bits per heavy atom. The van der Waals surface area contributed by atoms with Crippen LogP contribution in [-0.4, -0.2) is 11.2 Å². The lowest BCUT2D eigenvalue weighted by Gasteiger charge is -2.16. The summed E-state index contributed by atoms with van der Waals surface area (Å²) in [5.74, 6) is 0. The number of aryl methyl sites for hydroxylation is 2. The Morgan fingerprint density at radius 3 is 2.10 bits per heavy atom. The van der Waals surface area contributed by atoms with E-state index < -0.39 is 12.6 Å². The van der Waals surface area contributed by atoms with E-state index in [-0.39, 0.29) is 5.69 Å². The number of fused-ring (bicyclic) bond motifs is 1. The third-order valence-corrected chi connectivity index (χ3v) is 3.54. The van der Waals surface area contributed by atoms with Crippen LogP contribution in [-0.2, 0) is 19.3 Å². The molecule has 0 fully saturated rings. The van der Waals surface area contributed by atoms with Gasteiger partial charge < -0.3 is 0 Å². The van der Waals surface area contributed by atoms with E-state index in [0.717, 1.165) is 42.3 Å². The van der Waals surface area contributed by atoms with Crippen LogP contribution in [0.3, 0.4) is 0 Å². The van der Waals surface area contributed by atoms with Crippen LogP contribution in [0.2, 0.25) is 0 Å². The molecule has 114 valence electrons. The molecule has 0 amide bonds. The molecule has 1 nitrogen and oxygen atoms in total. The van der Waals surface area contributed by atoms with Gasteiger partial charge in [-0.1, -0.05) is 51.0 Å². The normalized spacial score (nSPS) is 12.0. The van der Waals surface area contributed by atoms with E-state index in [4.69, 9.17) is 0 Å². The first-order valence-electron chi connectivity index (χ1n) is 7.42. The number of hydrogen-bond donors (Lipinski definition) is 0. The molecule has 1 aromatic heterocycles.